The highest BCUT2D eigenvalue weighted by atomic mass is 16.6. The van der Waals surface area contributed by atoms with Gasteiger partial charge in [0.2, 0.25) is 5.91 Å². The number of aryl methyl sites for hydroxylation is 1. The van der Waals surface area contributed by atoms with Gasteiger partial charge < -0.3 is 10.1 Å². The molecule has 0 spiro atoms. The fourth-order valence-corrected chi connectivity index (χ4v) is 2.33. The largest absolute Gasteiger partial charge is 0.496 e. The maximum atomic E-state index is 12.1. The van der Waals surface area contributed by atoms with Crippen molar-refractivity contribution in [3.05, 3.63) is 63.7 Å². The molecule has 0 atom stereocenters. The molecule has 0 saturated heterocycles. The van der Waals surface area contributed by atoms with E-state index >= 15 is 0 Å². The summed E-state index contributed by atoms with van der Waals surface area (Å²) >= 11 is 0. The van der Waals surface area contributed by atoms with Crippen molar-refractivity contribution in [1.29, 1.82) is 0 Å². The number of methoxy groups -OCH3 is 1. The first-order valence-electron chi connectivity index (χ1n) is 7.18. The molecule has 0 aliphatic heterocycles. The van der Waals surface area contributed by atoms with Crippen LogP contribution in [-0.4, -0.2) is 17.9 Å². The molecule has 2 aromatic rings. The van der Waals surface area contributed by atoms with Crippen LogP contribution < -0.4 is 10.1 Å². The molecule has 0 aromatic heterocycles. The van der Waals surface area contributed by atoms with Gasteiger partial charge in [0.1, 0.15) is 5.75 Å². The van der Waals surface area contributed by atoms with Gasteiger partial charge in [-0.25, -0.2) is 0 Å². The minimum atomic E-state index is -0.459. The van der Waals surface area contributed by atoms with Gasteiger partial charge >= 0.3 is 0 Å². The highest BCUT2D eigenvalue weighted by Gasteiger charge is 2.15. The van der Waals surface area contributed by atoms with Crippen molar-refractivity contribution < 1.29 is 14.5 Å². The van der Waals surface area contributed by atoms with Crippen LogP contribution in [0.2, 0.25) is 0 Å². The Kier molecular flexibility index (Phi) is 5.30. The number of benzene rings is 2. The number of ether oxygens (including phenoxy) is 1. The van der Waals surface area contributed by atoms with Crippen molar-refractivity contribution in [2.75, 3.05) is 12.4 Å². The van der Waals surface area contributed by atoms with E-state index in [4.69, 9.17) is 4.74 Å². The summed E-state index contributed by atoms with van der Waals surface area (Å²) in [6, 6.07) is 12.1. The highest BCUT2D eigenvalue weighted by Crippen LogP contribution is 2.25. The van der Waals surface area contributed by atoms with Crippen molar-refractivity contribution in [2.45, 2.75) is 19.8 Å². The van der Waals surface area contributed by atoms with E-state index in [1.54, 1.807) is 26.2 Å². The number of nitrogens with one attached hydrogen (secondary N) is 1. The Balaban J connectivity index is 2.03. The van der Waals surface area contributed by atoms with Gasteiger partial charge in [-0.15, -0.1) is 0 Å². The van der Waals surface area contributed by atoms with E-state index in [1.165, 1.54) is 6.07 Å². The maximum Gasteiger partial charge on any atom is 0.274 e. The minimum Gasteiger partial charge on any atom is -0.496 e. The van der Waals surface area contributed by atoms with E-state index in [0.717, 1.165) is 11.3 Å². The first-order chi connectivity index (χ1) is 11.0. The fraction of sp³-hybridized carbons (Fsp3) is 0.235. The molecular formula is C17H18N2O4. The quantitative estimate of drug-likeness (QED) is 0.653. The number of anilines is 1. The SMILES string of the molecule is COc1ccccc1CCC(=O)Nc1cccc([N+](=O)[O-])c1C. The number of hydrogen-bond donors (Lipinski definition) is 1. The van der Waals surface area contributed by atoms with Crippen molar-refractivity contribution in [3.8, 4) is 5.75 Å². The van der Waals surface area contributed by atoms with Gasteiger partial charge in [-0.2, -0.15) is 0 Å². The van der Waals surface area contributed by atoms with Crippen LogP contribution in [0.1, 0.15) is 17.5 Å². The van der Waals surface area contributed by atoms with Gasteiger partial charge in [0.15, 0.2) is 0 Å². The average molecular weight is 314 g/mol. The van der Waals surface area contributed by atoms with Crippen molar-refractivity contribution in [1.82, 2.24) is 0 Å². The summed E-state index contributed by atoms with van der Waals surface area (Å²) in [5.74, 6) is 0.548. The van der Waals surface area contributed by atoms with E-state index in [1.807, 2.05) is 24.3 Å². The topological polar surface area (TPSA) is 81.5 Å². The third-order valence-corrected chi connectivity index (χ3v) is 3.59. The van der Waals surface area contributed by atoms with Gasteiger partial charge in [-0.3, -0.25) is 14.9 Å². The summed E-state index contributed by atoms with van der Waals surface area (Å²) in [7, 11) is 1.59. The van der Waals surface area contributed by atoms with E-state index in [0.29, 0.717) is 17.7 Å². The van der Waals surface area contributed by atoms with Crippen LogP contribution in [-0.2, 0) is 11.2 Å². The molecule has 0 aliphatic carbocycles. The number of para-hydroxylation sites is 1. The molecule has 0 radical (unpaired) electrons. The van der Waals surface area contributed by atoms with E-state index in [9.17, 15) is 14.9 Å². The number of carbonyl (C=O) groups is 1. The molecule has 120 valence electrons. The van der Waals surface area contributed by atoms with Crippen LogP contribution in [0.25, 0.3) is 0 Å². The van der Waals surface area contributed by atoms with Crippen molar-refractivity contribution in [2.24, 2.45) is 0 Å². The number of rotatable bonds is 6. The number of amides is 1. The Morgan fingerprint density at radius 1 is 1.22 bits per heavy atom. The second kappa shape index (κ2) is 7.40. The molecule has 2 rings (SSSR count). The Morgan fingerprint density at radius 2 is 1.96 bits per heavy atom. The van der Waals surface area contributed by atoms with Gasteiger partial charge in [-0.1, -0.05) is 24.3 Å². The summed E-state index contributed by atoms with van der Waals surface area (Å²) in [5.41, 5.74) is 1.85. The Bertz CT molecular complexity index is 728. The molecule has 0 bridgehead atoms. The van der Waals surface area contributed by atoms with Gasteiger partial charge in [-0.05, 0) is 31.0 Å². The predicted molar refractivity (Wildman–Crippen MR) is 87.8 cm³/mol. The van der Waals surface area contributed by atoms with Crippen LogP contribution in [0.15, 0.2) is 42.5 Å². The number of nitrogens with zero attached hydrogens (tertiary/aromatic N) is 1. The molecule has 1 N–H and O–H groups in total. The molecule has 23 heavy (non-hydrogen) atoms. The van der Waals surface area contributed by atoms with E-state index < -0.39 is 4.92 Å². The van der Waals surface area contributed by atoms with Crippen LogP contribution in [0.3, 0.4) is 0 Å². The molecule has 0 saturated carbocycles. The zero-order valence-corrected chi connectivity index (χ0v) is 13.0. The third kappa shape index (κ3) is 4.06. The molecule has 2 aromatic carbocycles. The van der Waals surface area contributed by atoms with E-state index in [2.05, 4.69) is 5.32 Å². The normalized spacial score (nSPS) is 10.2. The number of nitro groups is 1. The summed E-state index contributed by atoms with van der Waals surface area (Å²) in [4.78, 5) is 22.6. The monoisotopic (exact) mass is 314 g/mol. The van der Waals surface area contributed by atoms with Gasteiger partial charge in [0, 0.05) is 12.5 Å². The zero-order valence-electron chi connectivity index (χ0n) is 13.0. The highest BCUT2D eigenvalue weighted by molar-refractivity contribution is 5.92. The third-order valence-electron chi connectivity index (χ3n) is 3.59. The predicted octanol–water partition coefficient (Wildman–Crippen LogP) is 3.48. The van der Waals surface area contributed by atoms with Gasteiger partial charge in [0.05, 0.1) is 23.3 Å². The number of carbonyl (C=O) groups excluding carboxylic acids is 1. The first kappa shape index (κ1) is 16.5. The molecular weight excluding hydrogens is 296 g/mol. The lowest BCUT2D eigenvalue weighted by Gasteiger charge is -2.10. The Morgan fingerprint density at radius 3 is 2.65 bits per heavy atom. The molecule has 6 heteroatoms. The van der Waals surface area contributed by atoms with Crippen LogP contribution >= 0.6 is 0 Å². The number of hydrogen-bond acceptors (Lipinski definition) is 4. The van der Waals surface area contributed by atoms with Crippen LogP contribution in [0.4, 0.5) is 11.4 Å². The second-order valence-electron chi connectivity index (χ2n) is 5.07. The second-order valence-corrected chi connectivity index (χ2v) is 5.07. The lowest BCUT2D eigenvalue weighted by atomic mass is 10.1. The van der Waals surface area contributed by atoms with Crippen LogP contribution in [0, 0.1) is 17.0 Å². The van der Waals surface area contributed by atoms with E-state index in [-0.39, 0.29) is 18.0 Å². The standard InChI is InChI=1S/C17H18N2O4/c1-12-14(7-5-8-15(12)19(21)22)18-17(20)11-10-13-6-3-4-9-16(13)23-2/h3-9H,10-11H2,1-2H3,(H,18,20). The fourth-order valence-electron chi connectivity index (χ4n) is 2.33. The summed E-state index contributed by atoms with van der Waals surface area (Å²) < 4.78 is 5.25. The smallest absolute Gasteiger partial charge is 0.274 e. The molecule has 6 nitrogen and oxygen atoms in total. The maximum absolute atomic E-state index is 12.1. The Hall–Kier alpha value is -2.89. The molecule has 0 unspecified atom stereocenters. The van der Waals surface area contributed by atoms with Crippen LogP contribution in [0.5, 0.6) is 5.75 Å². The zero-order chi connectivity index (χ0) is 16.8. The molecule has 0 heterocycles. The number of nitro benzene ring substituents is 1. The van der Waals surface area contributed by atoms with Gasteiger partial charge in [0.25, 0.3) is 5.69 Å². The average Bonchev–Trinajstić information content (AvgIpc) is 2.54. The first-order valence-corrected chi connectivity index (χ1v) is 7.18. The minimum absolute atomic E-state index is 0.00692. The summed E-state index contributed by atoms with van der Waals surface area (Å²) in [5, 5.41) is 13.6. The van der Waals surface area contributed by atoms with Crippen molar-refractivity contribution >= 4 is 17.3 Å². The van der Waals surface area contributed by atoms with Crippen molar-refractivity contribution in [3.63, 3.8) is 0 Å². The molecule has 0 fully saturated rings. The lowest BCUT2D eigenvalue weighted by Crippen LogP contribution is -2.13. The Labute approximate surface area is 134 Å². The molecule has 0 aliphatic rings. The summed E-state index contributed by atoms with van der Waals surface area (Å²) in [6.45, 7) is 1.62. The summed E-state index contributed by atoms with van der Waals surface area (Å²) in [6.07, 6.45) is 0.798. The lowest BCUT2D eigenvalue weighted by molar-refractivity contribution is -0.385. The molecule has 1 amide bonds.